The molecule has 2 N–H and O–H groups in total. The molecule has 4 unspecified atom stereocenters. The van der Waals surface area contributed by atoms with E-state index in [1.165, 1.54) is 83.5 Å². The van der Waals surface area contributed by atoms with Gasteiger partial charge in [-0.05, 0) is 36.5 Å². The molecule has 0 amide bonds. The smallest absolute Gasteiger partial charge is 0.0456 e. The second kappa shape index (κ2) is 23.2. The number of aliphatic hydroxyl groups excluding tert-OH is 2. The fraction of sp³-hybridized carbons (Fsp3) is 1.00. The number of rotatable bonds is 18. The molecule has 4 atom stereocenters. The van der Waals surface area contributed by atoms with Crippen LogP contribution in [-0.2, 0) is 0 Å². The van der Waals surface area contributed by atoms with Gasteiger partial charge in [-0.2, -0.15) is 0 Å². The molecule has 0 aliphatic carbocycles. The van der Waals surface area contributed by atoms with Crippen molar-refractivity contribution >= 4 is 0 Å². The van der Waals surface area contributed by atoms with Crippen LogP contribution in [-0.4, -0.2) is 23.4 Å². The average molecular weight is 401 g/mol. The highest BCUT2D eigenvalue weighted by atomic mass is 16.3. The Morgan fingerprint density at radius 2 is 0.821 bits per heavy atom. The van der Waals surface area contributed by atoms with Crippen molar-refractivity contribution in [1.82, 2.24) is 0 Å². The summed E-state index contributed by atoms with van der Waals surface area (Å²) < 4.78 is 0. The summed E-state index contributed by atoms with van der Waals surface area (Å²) in [6.07, 6.45) is 18.4. The molecule has 2 nitrogen and oxygen atoms in total. The third-order valence-corrected chi connectivity index (χ3v) is 6.07. The predicted octanol–water partition coefficient (Wildman–Crippen LogP) is 8.00. The maximum Gasteiger partial charge on any atom is 0.0456 e. The molecule has 0 aromatic carbocycles. The molecule has 0 radical (unpaired) electrons. The van der Waals surface area contributed by atoms with E-state index in [0.717, 1.165) is 18.3 Å². The van der Waals surface area contributed by atoms with Crippen LogP contribution in [0.15, 0.2) is 0 Å². The summed E-state index contributed by atoms with van der Waals surface area (Å²) in [6.45, 7) is 14.3. The van der Waals surface area contributed by atoms with Gasteiger partial charge in [-0.1, -0.05) is 119 Å². The Morgan fingerprint density at radius 3 is 1.21 bits per heavy atom. The molecule has 0 bridgehead atoms. The van der Waals surface area contributed by atoms with E-state index in [2.05, 4.69) is 41.5 Å². The van der Waals surface area contributed by atoms with Crippen molar-refractivity contribution in [3.8, 4) is 0 Å². The Labute approximate surface area is 178 Å². The van der Waals surface area contributed by atoms with Crippen LogP contribution < -0.4 is 0 Å². The molecule has 28 heavy (non-hydrogen) atoms. The van der Waals surface area contributed by atoms with Crippen LogP contribution in [0.1, 0.15) is 131 Å². The van der Waals surface area contributed by atoms with Gasteiger partial charge in [0, 0.05) is 13.2 Å². The molecule has 0 fully saturated rings. The highest BCUT2D eigenvalue weighted by Crippen LogP contribution is 2.19. The minimum Gasteiger partial charge on any atom is -0.396 e. The van der Waals surface area contributed by atoms with Crippen LogP contribution in [0.4, 0.5) is 0 Å². The topological polar surface area (TPSA) is 40.5 Å². The second-order valence-corrected chi connectivity index (χ2v) is 9.62. The lowest BCUT2D eigenvalue weighted by Gasteiger charge is -2.13. The molecule has 0 rings (SSSR count). The monoisotopic (exact) mass is 400 g/mol. The van der Waals surface area contributed by atoms with E-state index >= 15 is 0 Å². The highest BCUT2D eigenvalue weighted by molar-refractivity contribution is 4.58. The van der Waals surface area contributed by atoms with Crippen molar-refractivity contribution in [2.75, 3.05) is 13.2 Å². The average Bonchev–Trinajstić information content (AvgIpc) is 2.68. The Bertz CT molecular complexity index is 280. The molecule has 0 aromatic rings. The van der Waals surface area contributed by atoms with Gasteiger partial charge in [0.2, 0.25) is 0 Å². The molecular weight excluding hydrogens is 344 g/mol. The van der Waals surface area contributed by atoms with Gasteiger partial charge >= 0.3 is 0 Å². The number of aliphatic hydroxyl groups is 2. The standard InChI is InChI=1S/2C13H28O/c1-4-5-8-12(2)9-6-7-10-13(3)11-14;1-4-5-7-12(2)8-6-9-13(3)10-11-14/h2*12-14H,4-11H2,1-3H3. The SMILES string of the molecule is CCCCC(C)CCCC(C)CCO.CCCCC(C)CCCCC(C)CO. The first-order valence-electron chi connectivity index (χ1n) is 12.6. The molecule has 0 aliphatic rings. The van der Waals surface area contributed by atoms with Gasteiger partial charge in [0.05, 0.1) is 0 Å². The van der Waals surface area contributed by atoms with Crippen molar-refractivity contribution in [3.05, 3.63) is 0 Å². The molecule has 0 aromatic heterocycles. The predicted molar refractivity (Wildman–Crippen MR) is 127 cm³/mol. The van der Waals surface area contributed by atoms with Gasteiger partial charge < -0.3 is 10.2 Å². The lowest BCUT2D eigenvalue weighted by Crippen LogP contribution is -2.01. The first-order chi connectivity index (χ1) is 13.4. The third kappa shape index (κ3) is 24.0. The summed E-state index contributed by atoms with van der Waals surface area (Å²) in [4.78, 5) is 0. The van der Waals surface area contributed by atoms with Crippen molar-refractivity contribution in [3.63, 3.8) is 0 Å². The summed E-state index contributed by atoms with van der Waals surface area (Å²) >= 11 is 0. The van der Waals surface area contributed by atoms with Crippen LogP contribution in [0.25, 0.3) is 0 Å². The maximum absolute atomic E-state index is 8.86. The minimum atomic E-state index is 0.353. The number of hydrogen-bond donors (Lipinski definition) is 2. The Morgan fingerprint density at radius 1 is 0.464 bits per heavy atom. The van der Waals surface area contributed by atoms with E-state index < -0.39 is 0 Å². The Balaban J connectivity index is 0. The lowest BCUT2D eigenvalue weighted by atomic mass is 9.94. The molecule has 0 spiro atoms. The van der Waals surface area contributed by atoms with Gasteiger partial charge in [0.25, 0.3) is 0 Å². The number of unbranched alkanes of at least 4 members (excludes halogenated alkanes) is 3. The van der Waals surface area contributed by atoms with Gasteiger partial charge in [-0.25, -0.2) is 0 Å². The highest BCUT2D eigenvalue weighted by Gasteiger charge is 2.05. The fourth-order valence-corrected chi connectivity index (χ4v) is 3.65. The van der Waals surface area contributed by atoms with E-state index in [9.17, 15) is 0 Å². The normalized spacial score (nSPS) is 15.4. The van der Waals surface area contributed by atoms with Gasteiger partial charge in [-0.15, -0.1) is 0 Å². The molecule has 0 aliphatic heterocycles. The number of hydrogen-bond acceptors (Lipinski definition) is 2. The first kappa shape index (κ1) is 30.1. The molecule has 0 heterocycles. The fourth-order valence-electron chi connectivity index (χ4n) is 3.65. The molecule has 0 saturated carbocycles. The summed E-state index contributed by atoms with van der Waals surface area (Å²) in [6, 6.07) is 0. The van der Waals surface area contributed by atoms with Crippen molar-refractivity contribution in [2.45, 2.75) is 131 Å². The van der Waals surface area contributed by atoms with Crippen molar-refractivity contribution < 1.29 is 10.2 Å². The molecular formula is C26H56O2. The molecule has 0 saturated heterocycles. The Kier molecular flexibility index (Phi) is 25.0. The maximum atomic E-state index is 8.86. The summed E-state index contributed by atoms with van der Waals surface area (Å²) in [5.41, 5.74) is 0. The molecule has 172 valence electrons. The van der Waals surface area contributed by atoms with Crippen LogP contribution in [0.5, 0.6) is 0 Å². The van der Waals surface area contributed by atoms with Gasteiger partial charge in [0.1, 0.15) is 0 Å². The van der Waals surface area contributed by atoms with E-state index in [-0.39, 0.29) is 0 Å². The summed E-state index contributed by atoms with van der Waals surface area (Å²) in [7, 11) is 0. The first-order valence-corrected chi connectivity index (χ1v) is 12.6. The lowest BCUT2D eigenvalue weighted by molar-refractivity contribution is 0.226. The van der Waals surface area contributed by atoms with Crippen LogP contribution >= 0.6 is 0 Å². The van der Waals surface area contributed by atoms with Gasteiger partial charge in [-0.3, -0.25) is 0 Å². The minimum absolute atomic E-state index is 0.353. The van der Waals surface area contributed by atoms with Crippen molar-refractivity contribution in [1.29, 1.82) is 0 Å². The van der Waals surface area contributed by atoms with Crippen molar-refractivity contribution in [2.24, 2.45) is 23.7 Å². The zero-order chi connectivity index (χ0) is 21.6. The van der Waals surface area contributed by atoms with E-state index in [1.807, 2.05) is 0 Å². The zero-order valence-electron chi connectivity index (χ0n) is 20.5. The van der Waals surface area contributed by atoms with Crippen LogP contribution in [0.2, 0.25) is 0 Å². The largest absolute Gasteiger partial charge is 0.396 e. The molecule has 2 heteroatoms. The third-order valence-electron chi connectivity index (χ3n) is 6.07. The van der Waals surface area contributed by atoms with Crippen LogP contribution in [0.3, 0.4) is 0 Å². The Hall–Kier alpha value is -0.0800. The van der Waals surface area contributed by atoms with E-state index in [1.54, 1.807) is 0 Å². The summed E-state index contributed by atoms with van der Waals surface area (Å²) in [5.74, 6) is 3.01. The zero-order valence-corrected chi connectivity index (χ0v) is 20.5. The quantitative estimate of drug-likeness (QED) is 0.229. The van der Waals surface area contributed by atoms with E-state index in [0.29, 0.717) is 25.0 Å². The van der Waals surface area contributed by atoms with Crippen LogP contribution in [0, 0.1) is 23.7 Å². The van der Waals surface area contributed by atoms with Gasteiger partial charge in [0.15, 0.2) is 0 Å². The second-order valence-electron chi connectivity index (χ2n) is 9.62. The van der Waals surface area contributed by atoms with E-state index in [4.69, 9.17) is 10.2 Å². The summed E-state index contributed by atoms with van der Waals surface area (Å²) in [5, 5.41) is 17.6.